The van der Waals surface area contributed by atoms with E-state index in [0.29, 0.717) is 0 Å². The molecule has 0 aromatic carbocycles. The Morgan fingerprint density at radius 1 is 1.05 bits per heavy atom. The summed E-state index contributed by atoms with van der Waals surface area (Å²) in [6, 6.07) is -3.15. The van der Waals surface area contributed by atoms with Gasteiger partial charge in [-0.3, -0.25) is 9.59 Å². The van der Waals surface area contributed by atoms with E-state index in [1.807, 2.05) is 0 Å². The Balaban J connectivity index is 2.17. The highest BCUT2D eigenvalue weighted by Gasteiger charge is 2.48. The highest BCUT2D eigenvalue weighted by Crippen LogP contribution is 2.24. The van der Waals surface area contributed by atoms with Gasteiger partial charge in [-0.2, -0.15) is 0 Å². The molecule has 2 aliphatic heterocycles. The number of aliphatic carboxylic acids is 1. The Hall–Kier alpha value is -2.40. The molecular formula is C22H35N2O13-. The summed E-state index contributed by atoms with van der Waals surface area (Å²) in [5, 5.41) is 63.4. The van der Waals surface area contributed by atoms with Gasteiger partial charge in [-0.05, 0) is 33.6 Å². The predicted molar refractivity (Wildman–Crippen MR) is 118 cm³/mol. The molecule has 2 aliphatic rings. The van der Waals surface area contributed by atoms with Gasteiger partial charge >= 0.3 is 5.97 Å². The van der Waals surface area contributed by atoms with Crippen molar-refractivity contribution in [2.75, 3.05) is 13.2 Å². The van der Waals surface area contributed by atoms with Gasteiger partial charge in [0.05, 0.1) is 31.5 Å². The number of ether oxygens (including phenoxy) is 3. The van der Waals surface area contributed by atoms with Crippen LogP contribution in [0.1, 0.15) is 40.0 Å². The van der Waals surface area contributed by atoms with Crippen LogP contribution >= 0.6 is 0 Å². The van der Waals surface area contributed by atoms with Crippen LogP contribution in [0.15, 0.2) is 0 Å². The van der Waals surface area contributed by atoms with Crippen LogP contribution in [0.4, 0.5) is 0 Å². The van der Waals surface area contributed by atoms with Crippen LogP contribution in [0.2, 0.25) is 0 Å². The molecule has 0 spiro atoms. The predicted octanol–water partition coefficient (Wildman–Crippen LogP) is -4.88. The molecule has 0 aromatic rings. The van der Waals surface area contributed by atoms with Gasteiger partial charge < -0.3 is 59.9 Å². The van der Waals surface area contributed by atoms with Crippen LogP contribution in [-0.2, 0) is 33.4 Å². The van der Waals surface area contributed by atoms with E-state index < -0.39 is 97.8 Å². The maximum Gasteiger partial charge on any atom is 0.331 e. The number of carboxylic acids is 1. The van der Waals surface area contributed by atoms with Crippen molar-refractivity contribution < 1.29 is 64.0 Å². The van der Waals surface area contributed by atoms with Crippen molar-refractivity contribution in [3.05, 3.63) is 0 Å². The summed E-state index contributed by atoms with van der Waals surface area (Å²) in [4.78, 5) is 49.9. The van der Waals surface area contributed by atoms with Gasteiger partial charge in [0.1, 0.15) is 30.5 Å². The molecule has 6 N–H and O–H groups in total. The van der Waals surface area contributed by atoms with Crippen molar-refractivity contribution in [3.8, 4) is 0 Å². The number of carbonyl (C=O) groups excluding carboxylic acids is 4. The highest BCUT2D eigenvalue weighted by molar-refractivity contribution is 5.92. The van der Waals surface area contributed by atoms with E-state index >= 15 is 0 Å². The number of aliphatic hydroxyl groups excluding tert-OH is 5. The third-order valence-electron chi connectivity index (χ3n) is 6.26. The molecule has 0 saturated carbocycles. The Bertz CT molecular complexity index is 826. The molecule has 2 unspecified atom stereocenters. The number of rotatable bonds is 11. The molecule has 0 radical (unpaired) electrons. The minimum Gasteiger partial charge on any atom is -0.550 e. The molecule has 2 heterocycles. The fourth-order valence-corrected chi connectivity index (χ4v) is 4.15. The Labute approximate surface area is 212 Å². The summed E-state index contributed by atoms with van der Waals surface area (Å²) in [5.74, 6) is -4.05. The molecule has 2 saturated heterocycles. The first kappa shape index (κ1) is 30.8. The summed E-state index contributed by atoms with van der Waals surface area (Å²) in [5.41, 5.74) is 0. The average Bonchev–Trinajstić information content (AvgIpc) is 3.13. The third-order valence-corrected chi connectivity index (χ3v) is 6.26. The summed E-state index contributed by atoms with van der Waals surface area (Å²) in [6.45, 7) is 3.80. The van der Waals surface area contributed by atoms with Gasteiger partial charge in [-0.1, -0.05) is 0 Å². The molecule has 10 atom stereocenters. The fraction of sp³-hybridized carbons (Fsp3) is 0.818. The van der Waals surface area contributed by atoms with Crippen molar-refractivity contribution in [2.45, 2.75) is 101 Å². The lowest BCUT2D eigenvalue weighted by atomic mass is 10.00. The van der Waals surface area contributed by atoms with E-state index in [4.69, 9.17) is 14.2 Å². The lowest BCUT2D eigenvalue weighted by Crippen LogP contribution is -2.61. The number of carbonyl (C=O) groups is 4. The Kier molecular flexibility index (Phi) is 11.2. The standard InChI is InChI=1S/C22H36N2O13/c1-4-35-21(34)14(9(2)36-22-19(32)18(31)16(29)10(3)37-22)23-20(33)15-17(30)11(25)8-24(15)12(26)6-5-7-13(27)28/h9-11,14-19,22,25,29-32H,4-8H2,1-3H3,(H,23,33)(H,27,28)/p-1/t9-,10+,11+,14+,15+,16-,17+,18?,19?,22-/m1/s1. The SMILES string of the molecule is CCOC(=O)[C@@H](NC(=O)[C@@H]1[C@@H](O)[C@@H](O)CN1C(=O)CCCC(=O)[O-])[C@@H](C)O[C@@H]1O[C@@H](C)[C@@H](O)C(O)C1O. The monoisotopic (exact) mass is 535 g/mol. The molecule has 37 heavy (non-hydrogen) atoms. The van der Waals surface area contributed by atoms with E-state index in [1.54, 1.807) is 0 Å². The number of likely N-dealkylation sites (tertiary alicyclic amines) is 1. The second kappa shape index (κ2) is 13.4. The van der Waals surface area contributed by atoms with Crippen LogP contribution in [-0.4, -0.2) is 128 Å². The molecule has 0 bridgehead atoms. The van der Waals surface area contributed by atoms with E-state index in [9.17, 15) is 49.8 Å². The van der Waals surface area contributed by atoms with Gasteiger partial charge in [0, 0.05) is 12.4 Å². The number of nitrogens with zero attached hydrogens (tertiary/aromatic N) is 1. The normalized spacial score (nSPS) is 33.5. The summed E-state index contributed by atoms with van der Waals surface area (Å²) in [6.07, 6.45) is -12.3. The number of nitrogens with one attached hydrogen (secondary N) is 1. The van der Waals surface area contributed by atoms with Crippen molar-refractivity contribution in [1.82, 2.24) is 10.2 Å². The number of carboxylic acid groups (broad SMARTS) is 1. The maximum absolute atomic E-state index is 13.1. The molecule has 212 valence electrons. The second-order valence-electron chi connectivity index (χ2n) is 9.04. The quantitative estimate of drug-likeness (QED) is 0.136. The van der Waals surface area contributed by atoms with Gasteiger partial charge in [-0.25, -0.2) is 4.79 Å². The molecule has 2 rings (SSSR count). The van der Waals surface area contributed by atoms with E-state index in [1.165, 1.54) is 20.8 Å². The minimum atomic E-state index is -1.70. The lowest BCUT2D eigenvalue weighted by molar-refractivity contribution is -0.305. The molecule has 2 amide bonds. The maximum atomic E-state index is 13.1. The largest absolute Gasteiger partial charge is 0.550 e. The summed E-state index contributed by atoms with van der Waals surface area (Å²) in [7, 11) is 0. The summed E-state index contributed by atoms with van der Waals surface area (Å²) >= 11 is 0. The highest BCUT2D eigenvalue weighted by atomic mass is 16.7. The first-order chi connectivity index (χ1) is 17.3. The van der Waals surface area contributed by atoms with Gasteiger partial charge in [0.15, 0.2) is 12.3 Å². The minimum absolute atomic E-state index is 0.0732. The van der Waals surface area contributed by atoms with Gasteiger partial charge in [0.2, 0.25) is 11.8 Å². The van der Waals surface area contributed by atoms with E-state index in [2.05, 4.69) is 5.32 Å². The van der Waals surface area contributed by atoms with Crippen molar-refractivity contribution in [3.63, 3.8) is 0 Å². The van der Waals surface area contributed by atoms with Crippen molar-refractivity contribution in [1.29, 1.82) is 0 Å². The first-order valence-electron chi connectivity index (χ1n) is 12.0. The zero-order valence-corrected chi connectivity index (χ0v) is 20.8. The summed E-state index contributed by atoms with van der Waals surface area (Å²) < 4.78 is 15.9. The molecular weight excluding hydrogens is 500 g/mol. The van der Waals surface area contributed by atoms with Crippen molar-refractivity contribution >= 4 is 23.8 Å². The molecule has 15 heteroatoms. The molecule has 2 fully saturated rings. The van der Waals surface area contributed by atoms with Gasteiger partial charge in [0.25, 0.3) is 0 Å². The number of hydrogen-bond donors (Lipinski definition) is 6. The zero-order chi connectivity index (χ0) is 28.0. The molecule has 0 aromatic heterocycles. The van der Waals surface area contributed by atoms with Crippen molar-refractivity contribution in [2.24, 2.45) is 0 Å². The smallest absolute Gasteiger partial charge is 0.331 e. The lowest BCUT2D eigenvalue weighted by Gasteiger charge is -2.40. The average molecular weight is 536 g/mol. The number of β-amino-alcohol motifs (C(OH)–C–C–N with tert-alkyl or cyclic N) is 1. The Morgan fingerprint density at radius 2 is 1.70 bits per heavy atom. The van der Waals surface area contributed by atoms with Crippen LogP contribution < -0.4 is 10.4 Å². The first-order valence-corrected chi connectivity index (χ1v) is 12.0. The number of amides is 2. The second-order valence-corrected chi connectivity index (χ2v) is 9.04. The van der Waals surface area contributed by atoms with Crippen LogP contribution in [0.3, 0.4) is 0 Å². The Morgan fingerprint density at radius 3 is 2.30 bits per heavy atom. The van der Waals surface area contributed by atoms with E-state index in [0.717, 1.165) is 4.90 Å². The molecule has 15 nitrogen and oxygen atoms in total. The topological polar surface area (TPSA) is 235 Å². The number of hydrogen-bond acceptors (Lipinski definition) is 13. The third kappa shape index (κ3) is 7.56. The van der Waals surface area contributed by atoms with Crippen LogP contribution in [0.5, 0.6) is 0 Å². The van der Waals surface area contributed by atoms with E-state index in [-0.39, 0.29) is 19.4 Å². The zero-order valence-electron chi connectivity index (χ0n) is 20.8. The van der Waals surface area contributed by atoms with Crippen LogP contribution in [0, 0.1) is 0 Å². The fourth-order valence-electron chi connectivity index (χ4n) is 4.15. The molecule has 0 aliphatic carbocycles. The number of esters is 1. The van der Waals surface area contributed by atoms with Gasteiger partial charge in [-0.15, -0.1) is 0 Å². The number of aliphatic hydroxyl groups is 5. The van der Waals surface area contributed by atoms with Crippen LogP contribution in [0.25, 0.3) is 0 Å².